The summed E-state index contributed by atoms with van der Waals surface area (Å²) < 4.78 is 5.25. The fourth-order valence-corrected chi connectivity index (χ4v) is 2.60. The number of halogens is 1. The molecular formula is C15H20ClNO2. The second-order valence-electron chi connectivity index (χ2n) is 4.87. The molecule has 1 fully saturated rings. The van der Waals surface area contributed by atoms with E-state index in [1.807, 2.05) is 31.2 Å². The van der Waals surface area contributed by atoms with E-state index in [0.29, 0.717) is 18.2 Å². The molecule has 1 aromatic rings. The SMILES string of the molecule is CCOCCCNC(=O)C1(c2ccccc2Cl)CC1. The van der Waals surface area contributed by atoms with Crippen LogP contribution in [0.4, 0.5) is 0 Å². The Kier molecular flexibility index (Phi) is 4.83. The van der Waals surface area contributed by atoms with Crippen LogP contribution in [-0.2, 0) is 14.9 Å². The highest BCUT2D eigenvalue weighted by atomic mass is 35.5. The van der Waals surface area contributed by atoms with Gasteiger partial charge in [0.25, 0.3) is 0 Å². The highest BCUT2D eigenvalue weighted by Crippen LogP contribution is 2.50. The Morgan fingerprint density at radius 1 is 1.42 bits per heavy atom. The quantitative estimate of drug-likeness (QED) is 0.781. The van der Waals surface area contributed by atoms with Crippen LogP contribution in [0, 0.1) is 0 Å². The van der Waals surface area contributed by atoms with Crippen LogP contribution in [0.25, 0.3) is 0 Å². The molecule has 0 saturated heterocycles. The van der Waals surface area contributed by atoms with Crippen molar-refractivity contribution in [3.05, 3.63) is 34.9 Å². The largest absolute Gasteiger partial charge is 0.382 e. The molecule has 1 amide bonds. The van der Waals surface area contributed by atoms with E-state index >= 15 is 0 Å². The van der Waals surface area contributed by atoms with Gasteiger partial charge in [-0.05, 0) is 37.8 Å². The normalized spacial score (nSPS) is 16.1. The number of carbonyl (C=O) groups is 1. The molecule has 0 atom stereocenters. The Hall–Kier alpha value is -1.06. The first kappa shape index (κ1) is 14.4. The number of hydrogen-bond acceptors (Lipinski definition) is 2. The lowest BCUT2D eigenvalue weighted by atomic mass is 9.95. The Morgan fingerprint density at radius 2 is 2.16 bits per heavy atom. The molecule has 0 heterocycles. The lowest BCUT2D eigenvalue weighted by Crippen LogP contribution is -2.35. The maximum Gasteiger partial charge on any atom is 0.230 e. The molecule has 3 nitrogen and oxygen atoms in total. The number of hydrogen-bond donors (Lipinski definition) is 1. The lowest BCUT2D eigenvalue weighted by molar-refractivity contribution is -0.123. The van der Waals surface area contributed by atoms with Gasteiger partial charge in [0, 0.05) is 24.8 Å². The predicted octanol–water partition coefficient (Wildman–Crippen LogP) is 2.91. The van der Waals surface area contributed by atoms with E-state index in [-0.39, 0.29) is 11.3 Å². The topological polar surface area (TPSA) is 38.3 Å². The van der Waals surface area contributed by atoms with Crippen molar-refractivity contribution < 1.29 is 9.53 Å². The van der Waals surface area contributed by atoms with Gasteiger partial charge in [-0.1, -0.05) is 29.8 Å². The Morgan fingerprint density at radius 3 is 2.79 bits per heavy atom. The van der Waals surface area contributed by atoms with Gasteiger partial charge in [-0.3, -0.25) is 4.79 Å². The zero-order valence-corrected chi connectivity index (χ0v) is 12.0. The highest BCUT2D eigenvalue weighted by molar-refractivity contribution is 6.31. The molecule has 1 aliphatic rings. The third-order valence-electron chi connectivity index (χ3n) is 3.53. The first-order valence-electron chi connectivity index (χ1n) is 6.82. The standard InChI is InChI=1S/C15H20ClNO2/c1-2-19-11-5-10-17-14(18)15(8-9-15)12-6-3-4-7-13(12)16/h3-4,6-7H,2,5,8-11H2,1H3,(H,17,18). The van der Waals surface area contributed by atoms with Gasteiger partial charge in [0.2, 0.25) is 5.91 Å². The van der Waals surface area contributed by atoms with Crippen LogP contribution in [-0.4, -0.2) is 25.7 Å². The summed E-state index contributed by atoms with van der Waals surface area (Å²) in [6.07, 6.45) is 2.61. The Balaban J connectivity index is 1.90. The number of benzene rings is 1. The van der Waals surface area contributed by atoms with Gasteiger partial charge in [-0.25, -0.2) is 0 Å². The number of nitrogens with one attached hydrogen (secondary N) is 1. The molecule has 0 radical (unpaired) electrons. The van der Waals surface area contributed by atoms with Gasteiger partial charge in [-0.2, -0.15) is 0 Å². The fraction of sp³-hybridized carbons (Fsp3) is 0.533. The van der Waals surface area contributed by atoms with Gasteiger partial charge in [0.05, 0.1) is 5.41 Å². The predicted molar refractivity (Wildman–Crippen MR) is 76.5 cm³/mol. The maximum absolute atomic E-state index is 12.3. The van der Waals surface area contributed by atoms with Crippen molar-refractivity contribution in [2.24, 2.45) is 0 Å². The molecule has 1 aromatic carbocycles. The minimum Gasteiger partial charge on any atom is -0.382 e. The Labute approximate surface area is 119 Å². The summed E-state index contributed by atoms with van der Waals surface area (Å²) in [6, 6.07) is 7.62. The van der Waals surface area contributed by atoms with E-state index in [9.17, 15) is 4.79 Å². The monoisotopic (exact) mass is 281 g/mol. The van der Waals surface area contributed by atoms with Crippen molar-refractivity contribution in [3.63, 3.8) is 0 Å². The number of amides is 1. The average molecular weight is 282 g/mol. The van der Waals surface area contributed by atoms with Gasteiger partial charge >= 0.3 is 0 Å². The molecule has 0 bridgehead atoms. The molecular weight excluding hydrogens is 262 g/mol. The molecule has 1 aliphatic carbocycles. The van der Waals surface area contributed by atoms with Crippen LogP contribution in [0.15, 0.2) is 24.3 Å². The van der Waals surface area contributed by atoms with Crippen LogP contribution in [0.2, 0.25) is 5.02 Å². The van der Waals surface area contributed by atoms with Crippen molar-refractivity contribution in [1.29, 1.82) is 0 Å². The first-order chi connectivity index (χ1) is 9.20. The number of ether oxygens (including phenoxy) is 1. The molecule has 2 rings (SSSR count). The summed E-state index contributed by atoms with van der Waals surface area (Å²) in [6.45, 7) is 4.04. The smallest absolute Gasteiger partial charge is 0.230 e. The lowest BCUT2D eigenvalue weighted by Gasteiger charge is -2.17. The van der Waals surface area contributed by atoms with Crippen molar-refractivity contribution in [2.45, 2.75) is 31.6 Å². The third-order valence-corrected chi connectivity index (χ3v) is 3.86. The number of carbonyl (C=O) groups excluding carboxylic acids is 1. The van der Waals surface area contributed by atoms with E-state index in [1.54, 1.807) is 0 Å². The zero-order chi connectivity index (χ0) is 13.7. The summed E-state index contributed by atoms with van der Waals surface area (Å²) in [5.41, 5.74) is 0.572. The van der Waals surface area contributed by atoms with Gasteiger partial charge in [-0.15, -0.1) is 0 Å². The van der Waals surface area contributed by atoms with E-state index in [4.69, 9.17) is 16.3 Å². The summed E-state index contributed by atoms with van der Waals surface area (Å²) in [4.78, 5) is 12.3. The molecule has 0 aromatic heterocycles. The second-order valence-corrected chi connectivity index (χ2v) is 5.28. The molecule has 1 N–H and O–H groups in total. The van der Waals surface area contributed by atoms with E-state index < -0.39 is 0 Å². The average Bonchev–Trinajstić information content (AvgIpc) is 3.20. The summed E-state index contributed by atoms with van der Waals surface area (Å²) in [5.74, 6) is 0.0945. The molecule has 0 spiro atoms. The van der Waals surface area contributed by atoms with Gasteiger partial charge in [0.1, 0.15) is 0 Å². The summed E-state index contributed by atoms with van der Waals surface area (Å²) >= 11 is 6.20. The van der Waals surface area contributed by atoms with E-state index in [2.05, 4.69) is 5.32 Å². The molecule has 104 valence electrons. The van der Waals surface area contributed by atoms with E-state index in [1.165, 1.54) is 0 Å². The van der Waals surface area contributed by atoms with E-state index in [0.717, 1.165) is 31.4 Å². The minimum atomic E-state index is -0.385. The summed E-state index contributed by atoms with van der Waals surface area (Å²) in [7, 11) is 0. The van der Waals surface area contributed by atoms with Gasteiger partial charge < -0.3 is 10.1 Å². The van der Waals surface area contributed by atoms with Crippen LogP contribution < -0.4 is 5.32 Å². The molecule has 19 heavy (non-hydrogen) atoms. The molecule has 4 heteroatoms. The summed E-state index contributed by atoms with van der Waals surface area (Å²) in [5, 5.41) is 3.68. The minimum absolute atomic E-state index is 0.0945. The van der Waals surface area contributed by atoms with Crippen LogP contribution in [0.3, 0.4) is 0 Å². The first-order valence-corrected chi connectivity index (χ1v) is 7.19. The third kappa shape index (κ3) is 3.28. The number of rotatable bonds is 7. The zero-order valence-electron chi connectivity index (χ0n) is 11.2. The van der Waals surface area contributed by atoms with Gasteiger partial charge in [0.15, 0.2) is 0 Å². The molecule has 0 unspecified atom stereocenters. The van der Waals surface area contributed by atoms with Crippen LogP contribution in [0.5, 0.6) is 0 Å². The van der Waals surface area contributed by atoms with Crippen molar-refractivity contribution >= 4 is 17.5 Å². The Bertz CT molecular complexity index is 444. The maximum atomic E-state index is 12.3. The molecule has 1 saturated carbocycles. The van der Waals surface area contributed by atoms with Crippen molar-refractivity contribution in [2.75, 3.05) is 19.8 Å². The molecule has 0 aliphatic heterocycles. The van der Waals surface area contributed by atoms with Crippen LogP contribution >= 0.6 is 11.6 Å². The fourth-order valence-electron chi connectivity index (χ4n) is 2.28. The van der Waals surface area contributed by atoms with Crippen LogP contribution in [0.1, 0.15) is 31.7 Å². The second kappa shape index (κ2) is 6.40. The highest BCUT2D eigenvalue weighted by Gasteiger charge is 2.51. The van der Waals surface area contributed by atoms with Crippen molar-refractivity contribution in [3.8, 4) is 0 Å². The van der Waals surface area contributed by atoms with Crippen molar-refractivity contribution in [1.82, 2.24) is 5.32 Å².